The van der Waals surface area contributed by atoms with Crippen molar-refractivity contribution >= 4 is 5.69 Å². The molecule has 3 rings (SSSR count). The van der Waals surface area contributed by atoms with E-state index in [4.69, 9.17) is 4.74 Å². The average Bonchev–Trinajstić information content (AvgIpc) is 2.85. The van der Waals surface area contributed by atoms with Crippen LogP contribution < -0.4 is 5.32 Å². The zero-order chi connectivity index (χ0) is 14.8. The van der Waals surface area contributed by atoms with Crippen molar-refractivity contribution in [2.24, 2.45) is 7.05 Å². The molecule has 1 fully saturated rings. The van der Waals surface area contributed by atoms with Gasteiger partial charge in [0.05, 0.1) is 12.2 Å². The van der Waals surface area contributed by atoms with Gasteiger partial charge in [0.25, 0.3) is 0 Å². The lowest BCUT2D eigenvalue weighted by atomic mass is 9.99. The molecule has 1 aromatic carbocycles. The first-order chi connectivity index (χ1) is 10.1. The molecule has 0 amide bonds. The van der Waals surface area contributed by atoms with Crippen LogP contribution in [0, 0.1) is 0 Å². The van der Waals surface area contributed by atoms with Crippen LogP contribution in [0.4, 0.5) is 5.69 Å². The summed E-state index contributed by atoms with van der Waals surface area (Å²) in [5.74, 6) is 0.884. The number of ether oxygens (including phenoxy) is 1. The maximum atomic E-state index is 5.78. The van der Waals surface area contributed by atoms with Gasteiger partial charge in [0.1, 0.15) is 6.33 Å². The Hall–Kier alpha value is -1.88. The number of benzene rings is 1. The molecule has 2 aromatic rings. The Morgan fingerprint density at radius 3 is 2.38 bits per heavy atom. The van der Waals surface area contributed by atoms with Crippen molar-refractivity contribution in [3.05, 3.63) is 30.6 Å². The third-order valence-corrected chi connectivity index (χ3v) is 3.92. The predicted octanol–water partition coefficient (Wildman–Crippen LogP) is 2.85. The van der Waals surface area contributed by atoms with E-state index in [0.29, 0.717) is 18.2 Å². The molecule has 2 heterocycles. The molecule has 112 valence electrons. The van der Waals surface area contributed by atoms with Crippen molar-refractivity contribution < 1.29 is 4.74 Å². The van der Waals surface area contributed by atoms with E-state index in [9.17, 15) is 0 Å². The summed E-state index contributed by atoms with van der Waals surface area (Å²) in [6.07, 6.45) is 4.46. The Kier molecular flexibility index (Phi) is 3.92. The molecule has 1 aliphatic heterocycles. The zero-order valence-electron chi connectivity index (χ0n) is 12.8. The van der Waals surface area contributed by atoms with Gasteiger partial charge >= 0.3 is 0 Å². The third-order valence-electron chi connectivity index (χ3n) is 3.92. The molecule has 0 radical (unpaired) electrons. The fourth-order valence-electron chi connectivity index (χ4n) is 3.02. The number of rotatable bonds is 3. The minimum Gasteiger partial charge on any atom is -0.382 e. The number of anilines is 1. The first-order valence-corrected chi connectivity index (χ1v) is 7.48. The third kappa shape index (κ3) is 3.24. The number of hydrogen-bond acceptors (Lipinski definition) is 4. The van der Waals surface area contributed by atoms with Crippen molar-refractivity contribution in [1.29, 1.82) is 0 Å². The molecule has 21 heavy (non-hydrogen) atoms. The van der Waals surface area contributed by atoms with E-state index in [-0.39, 0.29) is 0 Å². The molecule has 1 aromatic heterocycles. The van der Waals surface area contributed by atoms with Gasteiger partial charge in [-0.2, -0.15) is 0 Å². The van der Waals surface area contributed by atoms with Crippen molar-refractivity contribution in [3.8, 4) is 11.4 Å². The Balaban J connectivity index is 1.69. The molecule has 0 aliphatic carbocycles. The molecular formula is C16H22N4O. The van der Waals surface area contributed by atoms with Crippen LogP contribution in [0.25, 0.3) is 11.4 Å². The summed E-state index contributed by atoms with van der Waals surface area (Å²) in [5, 5.41) is 11.6. The predicted molar refractivity (Wildman–Crippen MR) is 83.1 cm³/mol. The van der Waals surface area contributed by atoms with E-state index in [1.165, 1.54) is 0 Å². The largest absolute Gasteiger partial charge is 0.382 e. The number of nitrogens with one attached hydrogen (secondary N) is 1. The first-order valence-electron chi connectivity index (χ1n) is 7.48. The Morgan fingerprint density at radius 1 is 1.14 bits per heavy atom. The number of hydrogen-bond donors (Lipinski definition) is 1. The molecule has 1 N–H and O–H groups in total. The lowest BCUT2D eigenvalue weighted by Gasteiger charge is -2.33. The summed E-state index contributed by atoms with van der Waals surface area (Å²) in [5.41, 5.74) is 2.22. The number of nitrogens with zero attached hydrogens (tertiary/aromatic N) is 3. The average molecular weight is 286 g/mol. The second-order valence-electron chi connectivity index (χ2n) is 5.91. The van der Waals surface area contributed by atoms with E-state index in [1.54, 1.807) is 6.33 Å². The summed E-state index contributed by atoms with van der Waals surface area (Å²) < 4.78 is 7.70. The molecule has 5 nitrogen and oxygen atoms in total. The van der Waals surface area contributed by atoms with Crippen molar-refractivity contribution in [2.45, 2.75) is 44.9 Å². The zero-order valence-corrected chi connectivity index (χ0v) is 12.8. The Morgan fingerprint density at radius 2 is 1.81 bits per heavy atom. The van der Waals surface area contributed by atoms with Gasteiger partial charge in [-0.15, -0.1) is 10.2 Å². The monoisotopic (exact) mass is 286 g/mol. The van der Waals surface area contributed by atoms with Crippen LogP contribution in [-0.2, 0) is 11.8 Å². The van der Waals surface area contributed by atoms with Gasteiger partial charge in [-0.1, -0.05) is 0 Å². The van der Waals surface area contributed by atoms with Gasteiger partial charge in [-0.3, -0.25) is 0 Å². The summed E-state index contributed by atoms with van der Waals surface area (Å²) in [7, 11) is 1.95. The minimum absolute atomic E-state index is 0.323. The van der Waals surface area contributed by atoms with Gasteiger partial charge in [0.15, 0.2) is 5.82 Å². The van der Waals surface area contributed by atoms with Crippen LogP contribution in [0.1, 0.15) is 26.7 Å². The summed E-state index contributed by atoms with van der Waals surface area (Å²) in [6, 6.07) is 8.85. The summed E-state index contributed by atoms with van der Waals surface area (Å²) >= 11 is 0. The van der Waals surface area contributed by atoms with Gasteiger partial charge in [-0.05, 0) is 51.0 Å². The number of aryl methyl sites for hydroxylation is 1. The highest BCUT2D eigenvalue weighted by molar-refractivity contribution is 5.59. The van der Waals surface area contributed by atoms with E-state index in [2.05, 4.69) is 53.6 Å². The van der Waals surface area contributed by atoms with Crippen LogP contribution in [-0.4, -0.2) is 33.0 Å². The van der Waals surface area contributed by atoms with Gasteiger partial charge in [0, 0.05) is 24.3 Å². The van der Waals surface area contributed by atoms with Crippen LogP contribution in [0.5, 0.6) is 0 Å². The van der Waals surface area contributed by atoms with Gasteiger partial charge < -0.3 is 14.6 Å². The maximum Gasteiger partial charge on any atom is 0.163 e. The highest BCUT2D eigenvalue weighted by atomic mass is 16.5. The summed E-state index contributed by atoms with van der Waals surface area (Å²) in [6.45, 7) is 4.28. The van der Waals surface area contributed by atoms with Crippen molar-refractivity contribution in [2.75, 3.05) is 5.32 Å². The van der Waals surface area contributed by atoms with Crippen LogP contribution >= 0.6 is 0 Å². The lowest BCUT2D eigenvalue weighted by Crippen LogP contribution is -2.36. The van der Waals surface area contributed by atoms with Gasteiger partial charge in [0.2, 0.25) is 0 Å². The fraction of sp³-hybridized carbons (Fsp3) is 0.500. The quantitative estimate of drug-likeness (QED) is 0.942. The van der Waals surface area contributed by atoms with Crippen LogP contribution in [0.2, 0.25) is 0 Å². The van der Waals surface area contributed by atoms with E-state index >= 15 is 0 Å². The highest BCUT2D eigenvalue weighted by Gasteiger charge is 2.24. The molecule has 1 aliphatic rings. The van der Waals surface area contributed by atoms with Crippen LogP contribution in [0.3, 0.4) is 0 Å². The molecule has 2 unspecified atom stereocenters. The minimum atomic E-state index is 0.323. The molecule has 0 saturated carbocycles. The lowest BCUT2D eigenvalue weighted by molar-refractivity contribution is -0.0337. The van der Waals surface area contributed by atoms with Crippen molar-refractivity contribution in [3.63, 3.8) is 0 Å². The molecule has 1 saturated heterocycles. The smallest absolute Gasteiger partial charge is 0.163 e. The van der Waals surface area contributed by atoms with E-state index in [0.717, 1.165) is 29.9 Å². The molecular weight excluding hydrogens is 264 g/mol. The molecule has 0 bridgehead atoms. The first kappa shape index (κ1) is 14.1. The SMILES string of the molecule is CC1CC(Nc2ccc(-c3nncn3C)cc2)CC(C)O1. The van der Waals surface area contributed by atoms with E-state index < -0.39 is 0 Å². The standard InChI is InChI=1S/C16H22N4O/c1-11-8-15(9-12(2)21-11)18-14-6-4-13(5-7-14)16-19-17-10-20(16)3/h4-7,10-12,15,18H,8-9H2,1-3H3. The molecule has 2 atom stereocenters. The Bertz CT molecular complexity index is 583. The Labute approximate surface area is 125 Å². The van der Waals surface area contributed by atoms with Crippen LogP contribution in [0.15, 0.2) is 30.6 Å². The van der Waals surface area contributed by atoms with E-state index in [1.807, 2.05) is 11.6 Å². The highest BCUT2D eigenvalue weighted by Crippen LogP contribution is 2.24. The maximum absolute atomic E-state index is 5.78. The fourth-order valence-corrected chi connectivity index (χ4v) is 3.02. The van der Waals surface area contributed by atoms with Gasteiger partial charge in [-0.25, -0.2) is 0 Å². The topological polar surface area (TPSA) is 52.0 Å². The molecule has 0 spiro atoms. The second-order valence-corrected chi connectivity index (χ2v) is 5.91. The second kappa shape index (κ2) is 5.85. The number of aromatic nitrogens is 3. The summed E-state index contributed by atoms with van der Waals surface area (Å²) in [4.78, 5) is 0. The molecule has 5 heteroatoms. The van der Waals surface area contributed by atoms with Crippen molar-refractivity contribution in [1.82, 2.24) is 14.8 Å². The normalized spacial score (nSPS) is 25.8.